The van der Waals surface area contributed by atoms with Crippen molar-refractivity contribution in [1.82, 2.24) is 0 Å². The highest BCUT2D eigenvalue weighted by molar-refractivity contribution is 5.81. The van der Waals surface area contributed by atoms with Crippen LogP contribution in [-0.2, 0) is 9.59 Å². The van der Waals surface area contributed by atoms with E-state index in [0.29, 0.717) is 12.8 Å². The van der Waals surface area contributed by atoms with E-state index in [1.807, 2.05) is 41.5 Å². The van der Waals surface area contributed by atoms with Gasteiger partial charge in [-0.15, -0.1) is 0 Å². The number of rotatable bonds is 9. The molecule has 2 N–H and O–H groups in total. The maximum Gasteiger partial charge on any atom is 0.307 e. The summed E-state index contributed by atoms with van der Waals surface area (Å²) in [4.78, 5) is 23.5. The first-order chi connectivity index (χ1) is 9.01. The predicted molar refractivity (Wildman–Crippen MR) is 79.6 cm³/mol. The van der Waals surface area contributed by atoms with Crippen LogP contribution in [0, 0.1) is 22.7 Å². The van der Waals surface area contributed by atoms with Crippen LogP contribution in [0.25, 0.3) is 0 Å². The molecule has 0 saturated carbocycles. The molecule has 118 valence electrons. The molecular formula is C16H30O4. The van der Waals surface area contributed by atoms with E-state index in [4.69, 9.17) is 0 Å². The molecule has 0 radical (unpaired) electrons. The van der Waals surface area contributed by atoms with Crippen molar-refractivity contribution >= 4 is 11.9 Å². The van der Waals surface area contributed by atoms with E-state index in [-0.39, 0.29) is 0 Å². The maximum absolute atomic E-state index is 11.8. The quantitative estimate of drug-likeness (QED) is 0.670. The van der Waals surface area contributed by atoms with Crippen LogP contribution in [0.15, 0.2) is 0 Å². The van der Waals surface area contributed by atoms with E-state index < -0.39 is 34.6 Å². The Kier molecular flexibility index (Phi) is 6.72. The van der Waals surface area contributed by atoms with Gasteiger partial charge in [0.2, 0.25) is 0 Å². The average molecular weight is 286 g/mol. The molecule has 0 aromatic rings. The molecule has 2 unspecified atom stereocenters. The minimum absolute atomic E-state index is 0.533. The zero-order valence-corrected chi connectivity index (χ0v) is 13.7. The van der Waals surface area contributed by atoms with Gasteiger partial charge in [-0.05, 0) is 23.7 Å². The lowest BCUT2D eigenvalue weighted by molar-refractivity contribution is -0.165. The van der Waals surface area contributed by atoms with Gasteiger partial charge in [0.1, 0.15) is 0 Å². The van der Waals surface area contributed by atoms with Gasteiger partial charge in [0.05, 0.1) is 11.8 Å². The zero-order valence-electron chi connectivity index (χ0n) is 13.7. The van der Waals surface area contributed by atoms with Crippen LogP contribution in [0.4, 0.5) is 0 Å². The van der Waals surface area contributed by atoms with Crippen LogP contribution in [0.2, 0.25) is 0 Å². The first kappa shape index (κ1) is 18.9. The van der Waals surface area contributed by atoms with E-state index >= 15 is 0 Å². The van der Waals surface area contributed by atoms with Crippen LogP contribution < -0.4 is 0 Å². The summed E-state index contributed by atoms with van der Waals surface area (Å²) in [5.74, 6) is -3.75. The predicted octanol–water partition coefficient (Wildman–Crippen LogP) is 4.04. The third kappa shape index (κ3) is 4.50. The largest absolute Gasteiger partial charge is 0.481 e. The van der Waals surface area contributed by atoms with E-state index in [1.165, 1.54) is 0 Å². The van der Waals surface area contributed by atoms with E-state index in [9.17, 15) is 19.8 Å². The number of carboxylic acids is 2. The van der Waals surface area contributed by atoms with Crippen LogP contribution >= 0.6 is 0 Å². The molecule has 0 fully saturated rings. The fourth-order valence-corrected chi connectivity index (χ4v) is 3.46. The molecule has 4 nitrogen and oxygen atoms in total. The van der Waals surface area contributed by atoms with E-state index in [1.54, 1.807) is 0 Å². The smallest absolute Gasteiger partial charge is 0.307 e. The van der Waals surface area contributed by atoms with Gasteiger partial charge in [-0.25, -0.2) is 0 Å². The van der Waals surface area contributed by atoms with Crippen molar-refractivity contribution < 1.29 is 19.8 Å². The van der Waals surface area contributed by atoms with Gasteiger partial charge >= 0.3 is 11.9 Å². The van der Waals surface area contributed by atoms with Crippen LogP contribution in [-0.4, -0.2) is 22.2 Å². The molecule has 20 heavy (non-hydrogen) atoms. The van der Waals surface area contributed by atoms with Gasteiger partial charge in [0.25, 0.3) is 0 Å². The molecule has 4 heteroatoms. The summed E-state index contributed by atoms with van der Waals surface area (Å²) < 4.78 is 0. The summed E-state index contributed by atoms with van der Waals surface area (Å²) in [6.07, 6.45) is 3.10. The Morgan fingerprint density at radius 1 is 0.800 bits per heavy atom. The summed E-state index contributed by atoms with van der Waals surface area (Å²) in [5.41, 5.74) is -1.07. The Labute approximate surface area is 122 Å². The van der Waals surface area contributed by atoms with Crippen molar-refractivity contribution in [3.8, 4) is 0 Å². The van der Waals surface area contributed by atoms with Gasteiger partial charge in [-0.1, -0.05) is 54.4 Å². The monoisotopic (exact) mass is 286 g/mol. The SMILES string of the molecule is CCCC(C)(C)C(C(=O)O)C(C(=O)O)C(C)(C)CCC. The van der Waals surface area contributed by atoms with Crippen molar-refractivity contribution in [2.75, 3.05) is 0 Å². The molecule has 0 aromatic heterocycles. The van der Waals surface area contributed by atoms with Crippen molar-refractivity contribution in [1.29, 1.82) is 0 Å². The van der Waals surface area contributed by atoms with Gasteiger partial charge < -0.3 is 10.2 Å². The second-order valence-corrected chi connectivity index (χ2v) is 7.11. The van der Waals surface area contributed by atoms with E-state index in [0.717, 1.165) is 12.8 Å². The number of carboxylic acid groups (broad SMARTS) is 2. The van der Waals surface area contributed by atoms with E-state index in [2.05, 4.69) is 0 Å². The molecule has 0 aliphatic heterocycles. The number of carbonyl (C=O) groups is 2. The standard InChI is InChI=1S/C16H30O4/c1-7-9-15(3,4)11(13(17)18)12(14(19)20)16(5,6)10-8-2/h11-12H,7-10H2,1-6H3,(H,17,18)(H,19,20). The summed E-state index contributed by atoms with van der Waals surface area (Å²) in [5, 5.41) is 19.2. The van der Waals surface area contributed by atoms with Crippen LogP contribution in [0.3, 0.4) is 0 Å². The van der Waals surface area contributed by atoms with Crippen LogP contribution in [0.1, 0.15) is 67.2 Å². The Morgan fingerprint density at radius 3 is 1.20 bits per heavy atom. The summed E-state index contributed by atoms with van der Waals surface area (Å²) >= 11 is 0. The highest BCUT2D eigenvalue weighted by atomic mass is 16.4. The summed E-state index contributed by atoms with van der Waals surface area (Å²) in [7, 11) is 0. The molecule has 0 aliphatic rings. The maximum atomic E-state index is 11.8. The first-order valence-electron chi connectivity index (χ1n) is 7.46. The molecule has 0 amide bonds. The topological polar surface area (TPSA) is 74.6 Å². The Balaban J connectivity index is 5.71. The highest BCUT2D eigenvalue weighted by Crippen LogP contribution is 2.46. The Hall–Kier alpha value is -1.06. The molecule has 0 rings (SSSR count). The fraction of sp³-hybridized carbons (Fsp3) is 0.875. The van der Waals surface area contributed by atoms with Crippen molar-refractivity contribution in [2.45, 2.75) is 67.2 Å². The van der Waals surface area contributed by atoms with Gasteiger partial charge in [0, 0.05) is 0 Å². The summed E-state index contributed by atoms with van der Waals surface area (Å²) in [6, 6.07) is 0. The lowest BCUT2D eigenvalue weighted by Crippen LogP contribution is -2.47. The lowest BCUT2D eigenvalue weighted by atomic mass is 9.60. The molecule has 0 spiro atoms. The van der Waals surface area contributed by atoms with Crippen molar-refractivity contribution in [3.63, 3.8) is 0 Å². The zero-order chi connectivity index (χ0) is 16.1. The second-order valence-electron chi connectivity index (χ2n) is 7.11. The molecule has 2 atom stereocenters. The lowest BCUT2D eigenvalue weighted by Gasteiger charge is -2.42. The fourth-order valence-electron chi connectivity index (χ4n) is 3.46. The van der Waals surface area contributed by atoms with Gasteiger partial charge in [0.15, 0.2) is 0 Å². The minimum atomic E-state index is -1.000. The Morgan fingerprint density at radius 2 is 1.05 bits per heavy atom. The van der Waals surface area contributed by atoms with Crippen molar-refractivity contribution in [3.05, 3.63) is 0 Å². The normalized spacial score (nSPS) is 15.7. The molecule has 0 aliphatic carbocycles. The van der Waals surface area contributed by atoms with Gasteiger partial charge in [-0.2, -0.15) is 0 Å². The highest BCUT2D eigenvalue weighted by Gasteiger charge is 2.50. The molecule has 0 aromatic carbocycles. The van der Waals surface area contributed by atoms with Crippen molar-refractivity contribution in [2.24, 2.45) is 22.7 Å². The molecule has 0 heterocycles. The van der Waals surface area contributed by atoms with Gasteiger partial charge in [-0.3, -0.25) is 9.59 Å². The molecule has 0 saturated heterocycles. The minimum Gasteiger partial charge on any atom is -0.481 e. The number of aliphatic carboxylic acids is 2. The average Bonchev–Trinajstić information content (AvgIpc) is 2.23. The Bertz CT molecular complexity index is 310. The number of hydrogen-bond donors (Lipinski definition) is 2. The summed E-state index contributed by atoms with van der Waals surface area (Å²) in [6.45, 7) is 11.5. The first-order valence-corrected chi connectivity index (χ1v) is 7.46. The number of hydrogen-bond acceptors (Lipinski definition) is 2. The molecular weight excluding hydrogens is 256 g/mol. The third-order valence-electron chi connectivity index (χ3n) is 4.34. The third-order valence-corrected chi connectivity index (χ3v) is 4.34. The van der Waals surface area contributed by atoms with Crippen LogP contribution in [0.5, 0.6) is 0 Å². The molecule has 0 bridgehead atoms. The second kappa shape index (κ2) is 7.09.